The molecule has 0 radical (unpaired) electrons. The maximum atomic E-state index is 10.8. The van der Waals surface area contributed by atoms with Crippen LogP contribution in [-0.4, -0.2) is 35.0 Å². The minimum atomic E-state index is -1.00. The number of carbonyl (C=O) groups excluding carboxylic acids is 1. The second-order valence-corrected chi connectivity index (χ2v) is 2.96. The van der Waals surface area contributed by atoms with Crippen LogP contribution in [0.2, 0.25) is 0 Å². The molecule has 4 nitrogen and oxygen atoms in total. The van der Waals surface area contributed by atoms with E-state index in [1.54, 1.807) is 6.92 Å². The summed E-state index contributed by atoms with van der Waals surface area (Å²) in [4.78, 5) is 10.8. The van der Waals surface area contributed by atoms with Crippen LogP contribution in [0.25, 0.3) is 0 Å². The third-order valence-electron chi connectivity index (χ3n) is 1.69. The Hall–Kier alpha value is -0.870. The molecule has 0 aromatic rings. The van der Waals surface area contributed by atoms with Crippen molar-refractivity contribution in [2.45, 2.75) is 38.9 Å². The minimum Gasteiger partial charge on any atom is -0.463 e. The van der Waals surface area contributed by atoms with Crippen molar-refractivity contribution in [2.75, 3.05) is 6.61 Å². The third kappa shape index (κ3) is 5.72. The normalized spacial score (nSPS) is 15.4. The zero-order valence-corrected chi connectivity index (χ0v) is 8.64. The first-order valence-corrected chi connectivity index (χ1v) is 4.82. The average molecular weight is 202 g/mol. The van der Waals surface area contributed by atoms with E-state index in [4.69, 9.17) is 0 Å². The van der Waals surface area contributed by atoms with Crippen LogP contribution in [0.5, 0.6) is 0 Å². The highest BCUT2D eigenvalue weighted by molar-refractivity contribution is 5.81. The summed E-state index contributed by atoms with van der Waals surface area (Å²) in [6, 6.07) is 0. The Kier molecular flexibility index (Phi) is 7.06. The Bertz CT molecular complexity index is 189. The molecular weight excluding hydrogens is 184 g/mol. The lowest BCUT2D eigenvalue weighted by Gasteiger charge is -2.12. The quantitative estimate of drug-likeness (QED) is 0.489. The highest BCUT2D eigenvalue weighted by Gasteiger charge is 2.11. The summed E-state index contributed by atoms with van der Waals surface area (Å²) in [5.74, 6) is -0.504. The Morgan fingerprint density at radius 1 is 1.43 bits per heavy atom. The van der Waals surface area contributed by atoms with Gasteiger partial charge in [0.2, 0.25) is 0 Å². The van der Waals surface area contributed by atoms with Gasteiger partial charge in [0.1, 0.15) is 0 Å². The largest absolute Gasteiger partial charge is 0.463 e. The van der Waals surface area contributed by atoms with Crippen LogP contribution in [0.1, 0.15) is 26.7 Å². The van der Waals surface area contributed by atoms with Crippen molar-refractivity contribution in [3.63, 3.8) is 0 Å². The standard InChI is InChI=1S/C10H18O4/c1-3-5-8(11)9(12)6-7-10(13)14-4-2/h6-9,11-12H,3-5H2,1-2H3/b7-6+/t8-,9-/m0/s1. The average Bonchev–Trinajstić information content (AvgIpc) is 2.15. The molecule has 0 spiro atoms. The fourth-order valence-corrected chi connectivity index (χ4v) is 0.962. The molecule has 0 aliphatic carbocycles. The SMILES string of the molecule is CCC[C@H](O)[C@@H](O)/C=C/C(=O)OCC. The molecule has 0 fully saturated rings. The van der Waals surface area contributed by atoms with E-state index in [0.29, 0.717) is 13.0 Å². The van der Waals surface area contributed by atoms with Gasteiger partial charge in [0.25, 0.3) is 0 Å². The predicted octanol–water partition coefficient (Wildman–Crippen LogP) is 0.628. The van der Waals surface area contributed by atoms with Crippen LogP contribution in [0, 0.1) is 0 Å². The Morgan fingerprint density at radius 3 is 2.57 bits per heavy atom. The molecule has 0 aromatic carbocycles. The number of aliphatic hydroxyl groups is 2. The molecule has 0 bridgehead atoms. The van der Waals surface area contributed by atoms with E-state index in [1.807, 2.05) is 6.92 Å². The van der Waals surface area contributed by atoms with Gasteiger partial charge in [-0.3, -0.25) is 0 Å². The first kappa shape index (κ1) is 13.1. The molecule has 14 heavy (non-hydrogen) atoms. The Morgan fingerprint density at radius 2 is 2.07 bits per heavy atom. The molecule has 0 aromatic heterocycles. The number of hydrogen-bond acceptors (Lipinski definition) is 4. The van der Waals surface area contributed by atoms with Gasteiger partial charge in [0.15, 0.2) is 0 Å². The number of carbonyl (C=O) groups is 1. The van der Waals surface area contributed by atoms with E-state index < -0.39 is 18.2 Å². The smallest absolute Gasteiger partial charge is 0.330 e. The van der Waals surface area contributed by atoms with Crippen LogP contribution >= 0.6 is 0 Å². The lowest BCUT2D eigenvalue weighted by Crippen LogP contribution is -2.23. The lowest BCUT2D eigenvalue weighted by molar-refractivity contribution is -0.137. The highest BCUT2D eigenvalue weighted by atomic mass is 16.5. The molecule has 82 valence electrons. The maximum Gasteiger partial charge on any atom is 0.330 e. The fourth-order valence-electron chi connectivity index (χ4n) is 0.962. The molecule has 0 aliphatic rings. The van der Waals surface area contributed by atoms with Crippen LogP contribution in [0.3, 0.4) is 0 Å². The van der Waals surface area contributed by atoms with Crippen LogP contribution in [0.15, 0.2) is 12.2 Å². The molecular formula is C10H18O4. The van der Waals surface area contributed by atoms with E-state index in [1.165, 1.54) is 6.08 Å². The summed E-state index contributed by atoms with van der Waals surface area (Å²) in [5, 5.41) is 18.6. The summed E-state index contributed by atoms with van der Waals surface area (Å²) in [6.45, 7) is 3.91. The summed E-state index contributed by atoms with van der Waals surface area (Å²) < 4.78 is 4.61. The van der Waals surface area contributed by atoms with E-state index in [-0.39, 0.29) is 0 Å². The van der Waals surface area contributed by atoms with Gasteiger partial charge in [-0.1, -0.05) is 13.3 Å². The van der Waals surface area contributed by atoms with Gasteiger partial charge in [0.05, 0.1) is 18.8 Å². The summed E-state index contributed by atoms with van der Waals surface area (Å²) in [7, 11) is 0. The maximum absolute atomic E-state index is 10.8. The number of aliphatic hydroxyl groups excluding tert-OH is 2. The van der Waals surface area contributed by atoms with Gasteiger partial charge >= 0.3 is 5.97 Å². The van der Waals surface area contributed by atoms with E-state index in [2.05, 4.69) is 4.74 Å². The molecule has 0 amide bonds. The van der Waals surface area contributed by atoms with Crippen molar-refractivity contribution in [3.05, 3.63) is 12.2 Å². The molecule has 2 atom stereocenters. The van der Waals surface area contributed by atoms with E-state index in [9.17, 15) is 15.0 Å². The molecule has 2 N–H and O–H groups in total. The number of rotatable bonds is 6. The predicted molar refractivity (Wildman–Crippen MR) is 52.7 cm³/mol. The number of esters is 1. The van der Waals surface area contributed by atoms with Gasteiger partial charge in [-0.15, -0.1) is 0 Å². The highest BCUT2D eigenvalue weighted by Crippen LogP contribution is 2.03. The van der Waals surface area contributed by atoms with Crippen molar-refractivity contribution in [1.29, 1.82) is 0 Å². The monoisotopic (exact) mass is 202 g/mol. The van der Waals surface area contributed by atoms with E-state index >= 15 is 0 Å². The zero-order chi connectivity index (χ0) is 11.0. The fraction of sp³-hybridized carbons (Fsp3) is 0.700. The molecule has 0 aliphatic heterocycles. The van der Waals surface area contributed by atoms with Crippen molar-refractivity contribution < 1.29 is 19.7 Å². The Balaban J connectivity index is 3.90. The summed E-state index contributed by atoms with van der Waals surface area (Å²) in [5.41, 5.74) is 0. The van der Waals surface area contributed by atoms with Crippen LogP contribution < -0.4 is 0 Å². The Labute approximate surface area is 84.2 Å². The molecule has 0 rings (SSSR count). The second kappa shape index (κ2) is 7.53. The molecule has 0 saturated carbocycles. The van der Waals surface area contributed by atoms with Crippen LogP contribution in [0.4, 0.5) is 0 Å². The topological polar surface area (TPSA) is 66.8 Å². The van der Waals surface area contributed by atoms with Gasteiger partial charge in [-0.25, -0.2) is 4.79 Å². The minimum absolute atomic E-state index is 0.302. The lowest BCUT2D eigenvalue weighted by atomic mass is 10.1. The molecule has 0 saturated heterocycles. The third-order valence-corrected chi connectivity index (χ3v) is 1.69. The van der Waals surface area contributed by atoms with Gasteiger partial charge in [-0.2, -0.15) is 0 Å². The molecule has 0 unspecified atom stereocenters. The number of ether oxygens (including phenoxy) is 1. The second-order valence-electron chi connectivity index (χ2n) is 2.96. The first-order valence-electron chi connectivity index (χ1n) is 4.82. The van der Waals surface area contributed by atoms with Gasteiger partial charge < -0.3 is 14.9 Å². The zero-order valence-electron chi connectivity index (χ0n) is 8.64. The molecule has 4 heteroatoms. The van der Waals surface area contributed by atoms with Gasteiger partial charge in [-0.05, 0) is 19.4 Å². The number of hydrogen-bond donors (Lipinski definition) is 2. The first-order chi connectivity index (χ1) is 6.61. The van der Waals surface area contributed by atoms with Gasteiger partial charge in [0, 0.05) is 6.08 Å². The molecule has 0 heterocycles. The van der Waals surface area contributed by atoms with Crippen LogP contribution in [-0.2, 0) is 9.53 Å². The summed E-state index contributed by atoms with van der Waals surface area (Å²) in [6.07, 6.45) is 1.86. The van der Waals surface area contributed by atoms with E-state index in [0.717, 1.165) is 12.5 Å². The van der Waals surface area contributed by atoms with Crippen molar-refractivity contribution >= 4 is 5.97 Å². The summed E-state index contributed by atoms with van der Waals surface area (Å²) >= 11 is 0. The van der Waals surface area contributed by atoms with Crippen molar-refractivity contribution in [1.82, 2.24) is 0 Å². The van der Waals surface area contributed by atoms with Crippen molar-refractivity contribution in [3.8, 4) is 0 Å². The van der Waals surface area contributed by atoms with Crippen molar-refractivity contribution in [2.24, 2.45) is 0 Å².